The number of aromatic nitrogens is 4. The molecular weight excluding hydrogens is 326 g/mol. The smallest absolute Gasteiger partial charge is 0.223 e. The Kier molecular flexibility index (Phi) is 4.65. The number of hydrogen-bond donors (Lipinski definition) is 1. The zero-order chi connectivity index (χ0) is 17.9. The average molecular weight is 349 g/mol. The predicted octanol–water partition coefficient (Wildman–Crippen LogP) is 3.00. The molecule has 0 bridgehead atoms. The SMILES string of the molecule is Cc1cncc([C@@H]2CCCN(C(=O)CCc3nc4ccccc4[nH]3)C2)n1. The van der Waals surface area contributed by atoms with Gasteiger partial charge in [-0.3, -0.25) is 14.8 Å². The number of aromatic amines is 1. The van der Waals surface area contributed by atoms with Gasteiger partial charge < -0.3 is 9.88 Å². The van der Waals surface area contributed by atoms with Gasteiger partial charge in [0.15, 0.2) is 0 Å². The Labute approximate surface area is 152 Å². The molecule has 6 heteroatoms. The van der Waals surface area contributed by atoms with Crippen LogP contribution in [0.2, 0.25) is 0 Å². The van der Waals surface area contributed by atoms with Crippen LogP contribution in [-0.2, 0) is 11.2 Å². The number of benzene rings is 1. The maximum atomic E-state index is 12.7. The van der Waals surface area contributed by atoms with Gasteiger partial charge >= 0.3 is 0 Å². The topological polar surface area (TPSA) is 74.8 Å². The predicted molar refractivity (Wildman–Crippen MR) is 99.7 cm³/mol. The number of nitrogens with zero attached hydrogens (tertiary/aromatic N) is 4. The van der Waals surface area contributed by atoms with E-state index in [1.54, 1.807) is 6.20 Å². The third-order valence-corrected chi connectivity index (χ3v) is 4.98. The van der Waals surface area contributed by atoms with Gasteiger partial charge in [-0.05, 0) is 31.9 Å². The van der Waals surface area contributed by atoms with E-state index in [1.807, 2.05) is 42.3 Å². The second kappa shape index (κ2) is 7.23. The second-order valence-corrected chi connectivity index (χ2v) is 6.96. The number of para-hydroxylation sites is 2. The normalized spacial score (nSPS) is 17.6. The number of rotatable bonds is 4. The third kappa shape index (κ3) is 3.59. The Balaban J connectivity index is 1.38. The summed E-state index contributed by atoms with van der Waals surface area (Å²) >= 11 is 0. The summed E-state index contributed by atoms with van der Waals surface area (Å²) in [5.41, 5.74) is 3.90. The summed E-state index contributed by atoms with van der Waals surface area (Å²) in [6, 6.07) is 7.94. The number of H-pyrrole nitrogens is 1. The summed E-state index contributed by atoms with van der Waals surface area (Å²) in [5, 5.41) is 0. The monoisotopic (exact) mass is 349 g/mol. The van der Waals surface area contributed by atoms with Crippen LogP contribution >= 0.6 is 0 Å². The van der Waals surface area contributed by atoms with Crippen LogP contribution in [0, 0.1) is 6.92 Å². The lowest BCUT2D eigenvalue weighted by atomic mass is 9.94. The van der Waals surface area contributed by atoms with E-state index in [2.05, 4.69) is 19.9 Å². The summed E-state index contributed by atoms with van der Waals surface area (Å²) in [6.07, 6.45) is 6.79. The van der Waals surface area contributed by atoms with Crippen molar-refractivity contribution >= 4 is 16.9 Å². The molecule has 1 aromatic carbocycles. The number of carbonyl (C=O) groups excluding carboxylic acids is 1. The lowest BCUT2D eigenvalue weighted by Crippen LogP contribution is -2.39. The molecule has 3 aromatic rings. The first-order chi connectivity index (χ1) is 12.7. The van der Waals surface area contributed by atoms with Crippen LogP contribution < -0.4 is 0 Å². The summed E-state index contributed by atoms with van der Waals surface area (Å²) in [6.45, 7) is 3.52. The quantitative estimate of drug-likeness (QED) is 0.786. The molecule has 1 atom stereocenters. The number of piperidine rings is 1. The second-order valence-electron chi connectivity index (χ2n) is 6.96. The molecule has 6 nitrogen and oxygen atoms in total. The maximum absolute atomic E-state index is 12.7. The Hall–Kier alpha value is -2.76. The molecule has 1 aliphatic heterocycles. The van der Waals surface area contributed by atoms with Crippen molar-refractivity contribution in [3.8, 4) is 0 Å². The number of carbonyl (C=O) groups is 1. The van der Waals surface area contributed by atoms with Crippen molar-refractivity contribution < 1.29 is 4.79 Å². The van der Waals surface area contributed by atoms with Gasteiger partial charge in [-0.25, -0.2) is 4.98 Å². The van der Waals surface area contributed by atoms with E-state index >= 15 is 0 Å². The lowest BCUT2D eigenvalue weighted by molar-refractivity contribution is -0.132. The van der Waals surface area contributed by atoms with E-state index in [-0.39, 0.29) is 11.8 Å². The molecule has 1 saturated heterocycles. The van der Waals surface area contributed by atoms with Gasteiger partial charge in [0.2, 0.25) is 5.91 Å². The Morgan fingerprint density at radius 1 is 1.27 bits per heavy atom. The van der Waals surface area contributed by atoms with Gasteiger partial charge in [-0.15, -0.1) is 0 Å². The molecule has 1 fully saturated rings. The number of hydrogen-bond acceptors (Lipinski definition) is 4. The van der Waals surface area contributed by atoms with Gasteiger partial charge in [0, 0.05) is 44.2 Å². The molecule has 4 rings (SSSR count). The van der Waals surface area contributed by atoms with Crippen LogP contribution in [-0.4, -0.2) is 43.8 Å². The third-order valence-electron chi connectivity index (χ3n) is 4.98. The molecular formula is C20H23N5O. The molecule has 1 amide bonds. The largest absolute Gasteiger partial charge is 0.342 e. The van der Waals surface area contributed by atoms with Crippen LogP contribution in [0.3, 0.4) is 0 Å². The molecule has 1 aliphatic rings. The van der Waals surface area contributed by atoms with Gasteiger partial charge in [0.25, 0.3) is 0 Å². The summed E-state index contributed by atoms with van der Waals surface area (Å²) in [5.74, 6) is 1.35. The minimum Gasteiger partial charge on any atom is -0.342 e. The number of fused-ring (bicyclic) bond motifs is 1. The first-order valence-corrected chi connectivity index (χ1v) is 9.19. The first kappa shape index (κ1) is 16.7. The van der Waals surface area contributed by atoms with E-state index in [9.17, 15) is 4.79 Å². The van der Waals surface area contributed by atoms with Crippen molar-refractivity contribution in [2.45, 2.75) is 38.5 Å². The zero-order valence-electron chi connectivity index (χ0n) is 15.0. The summed E-state index contributed by atoms with van der Waals surface area (Å²) in [7, 11) is 0. The number of aryl methyl sites for hydroxylation is 2. The molecule has 0 spiro atoms. The Bertz CT molecular complexity index is 886. The van der Waals surface area contributed by atoms with E-state index in [1.165, 1.54) is 0 Å². The number of likely N-dealkylation sites (tertiary alicyclic amines) is 1. The van der Waals surface area contributed by atoms with Crippen LogP contribution in [0.25, 0.3) is 11.0 Å². The standard InChI is InChI=1S/C20H23N5O/c1-14-11-21-12-18(22-14)15-5-4-10-25(13-15)20(26)9-8-19-23-16-6-2-3-7-17(16)24-19/h2-3,6-7,11-12,15H,4-5,8-10,13H2,1H3,(H,23,24)/t15-/m1/s1. The summed E-state index contributed by atoms with van der Waals surface area (Å²) < 4.78 is 0. The highest BCUT2D eigenvalue weighted by Crippen LogP contribution is 2.25. The van der Waals surface area contributed by atoms with Gasteiger partial charge in [-0.2, -0.15) is 0 Å². The van der Waals surface area contributed by atoms with Crippen LogP contribution in [0.15, 0.2) is 36.7 Å². The molecule has 2 aromatic heterocycles. The van der Waals surface area contributed by atoms with E-state index in [0.29, 0.717) is 12.8 Å². The molecule has 0 aliphatic carbocycles. The highest BCUT2D eigenvalue weighted by Gasteiger charge is 2.25. The van der Waals surface area contributed by atoms with Crippen LogP contribution in [0.1, 0.15) is 42.4 Å². The fourth-order valence-electron chi connectivity index (χ4n) is 3.63. The minimum atomic E-state index is 0.191. The van der Waals surface area contributed by atoms with Crippen molar-refractivity contribution in [1.82, 2.24) is 24.8 Å². The van der Waals surface area contributed by atoms with Crippen molar-refractivity contribution in [3.05, 3.63) is 53.9 Å². The molecule has 0 radical (unpaired) electrons. The fraction of sp³-hybridized carbons (Fsp3) is 0.400. The number of amides is 1. The highest BCUT2D eigenvalue weighted by molar-refractivity contribution is 5.77. The van der Waals surface area contributed by atoms with Gasteiger partial charge in [0.1, 0.15) is 5.82 Å². The van der Waals surface area contributed by atoms with Crippen LogP contribution in [0.5, 0.6) is 0 Å². The van der Waals surface area contributed by atoms with Crippen LogP contribution in [0.4, 0.5) is 0 Å². The highest BCUT2D eigenvalue weighted by atomic mass is 16.2. The zero-order valence-corrected chi connectivity index (χ0v) is 15.0. The van der Waals surface area contributed by atoms with Crippen molar-refractivity contribution in [2.75, 3.05) is 13.1 Å². The summed E-state index contributed by atoms with van der Waals surface area (Å²) in [4.78, 5) is 31.3. The van der Waals surface area contributed by atoms with Crippen molar-refractivity contribution in [2.24, 2.45) is 0 Å². The Morgan fingerprint density at radius 2 is 2.15 bits per heavy atom. The lowest BCUT2D eigenvalue weighted by Gasteiger charge is -2.32. The van der Waals surface area contributed by atoms with Crippen molar-refractivity contribution in [3.63, 3.8) is 0 Å². The molecule has 0 unspecified atom stereocenters. The van der Waals surface area contributed by atoms with E-state index in [0.717, 1.165) is 54.2 Å². The number of nitrogens with one attached hydrogen (secondary N) is 1. The molecule has 26 heavy (non-hydrogen) atoms. The van der Waals surface area contributed by atoms with Crippen molar-refractivity contribution in [1.29, 1.82) is 0 Å². The molecule has 0 saturated carbocycles. The molecule has 1 N–H and O–H groups in total. The Morgan fingerprint density at radius 3 is 3.00 bits per heavy atom. The average Bonchev–Trinajstić information content (AvgIpc) is 3.09. The fourth-order valence-corrected chi connectivity index (χ4v) is 3.63. The number of imidazole rings is 1. The first-order valence-electron chi connectivity index (χ1n) is 9.19. The minimum absolute atomic E-state index is 0.191. The van der Waals surface area contributed by atoms with Gasteiger partial charge in [0.05, 0.1) is 22.4 Å². The maximum Gasteiger partial charge on any atom is 0.223 e. The van der Waals surface area contributed by atoms with E-state index in [4.69, 9.17) is 0 Å². The van der Waals surface area contributed by atoms with Gasteiger partial charge in [-0.1, -0.05) is 12.1 Å². The molecule has 3 heterocycles. The molecule has 134 valence electrons. The van der Waals surface area contributed by atoms with E-state index < -0.39 is 0 Å².